The third kappa shape index (κ3) is 15.1. The van der Waals surface area contributed by atoms with Gasteiger partial charge in [0.1, 0.15) is 30.2 Å². The second-order valence-electron chi connectivity index (χ2n) is 11.6. The second-order valence-corrected chi connectivity index (χ2v) is 11.6. The van der Waals surface area contributed by atoms with Crippen LogP contribution in [-0.4, -0.2) is 90.5 Å². The van der Waals surface area contributed by atoms with E-state index in [1.165, 1.54) is 0 Å². The number of unbranched alkanes of at least 4 members (excludes halogenated alkanes) is 1. The smallest absolute Gasteiger partial charge is 0.243 e. The Morgan fingerprint density at radius 2 is 1.35 bits per heavy atom. The summed E-state index contributed by atoms with van der Waals surface area (Å²) in [6.45, 7) is 10.1. The van der Waals surface area contributed by atoms with E-state index in [4.69, 9.17) is 22.3 Å². The number of amides is 6. The van der Waals surface area contributed by atoms with E-state index < -0.39 is 78.8 Å². The van der Waals surface area contributed by atoms with Crippen molar-refractivity contribution in [3.8, 4) is 0 Å². The van der Waals surface area contributed by atoms with Gasteiger partial charge in [0.15, 0.2) is 0 Å². The minimum Gasteiger partial charge on any atom is -0.394 e. The van der Waals surface area contributed by atoms with E-state index in [1.807, 2.05) is 20.8 Å². The first-order valence-corrected chi connectivity index (χ1v) is 14.9. The van der Waals surface area contributed by atoms with Crippen LogP contribution in [-0.2, 0) is 28.8 Å². The highest BCUT2D eigenvalue weighted by molar-refractivity contribution is 5.95. The zero-order valence-electron chi connectivity index (χ0n) is 26.4. The van der Waals surface area contributed by atoms with E-state index in [0.717, 1.165) is 0 Å². The van der Waals surface area contributed by atoms with E-state index in [0.29, 0.717) is 25.8 Å². The Balaban J connectivity index is 5.55. The summed E-state index contributed by atoms with van der Waals surface area (Å²) in [5.74, 6) is -4.48. The molecule has 0 bridgehead atoms. The lowest BCUT2D eigenvalue weighted by atomic mass is 9.96. The molecule has 6 amide bonds. The first kappa shape index (κ1) is 39.7. The summed E-state index contributed by atoms with van der Waals surface area (Å²) >= 11 is 0. The lowest BCUT2D eigenvalue weighted by Gasteiger charge is -2.27. The summed E-state index contributed by atoms with van der Waals surface area (Å²) in [6.07, 6.45) is 2.17. The van der Waals surface area contributed by atoms with Crippen LogP contribution in [0.2, 0.25) is 0 Å². The van der Waals surface area contributed by atoms with Crippen molar-refractivity contribution in [3.63, 3.8) is 0 Å². The molecular weight excluding hydrogens is 560 g/mol. The molecule has 15 nitrogen and oxygen atoms in total. The molecule has 6 atom stereocenters. The van der Waals surface area contributed by atoms with Crippen LogP contribution in [0.1, 0.15) is 73.6 Å². The monoisotopic (exact) mass is 614 g/mol. The number of carbonyl (C=O) groups excluding carboxylic acids is 6. The fraction of sp³-hybridized carbons (Fsp3) is 0.786. The molecule has 15 heteroatoms. The third-order valence-electron chi connectivity index (χ3n) is 6.96. The van der Waals surface area contributed by atoms with Gasteiger partial charge in [0, 0.05) is 0 Å². The van der Waals surface area contributed by atoms with Crippen molar-refractivity contribution in [2.45, 2.75) is 104 Å². The molecule has 6 unspecified atom stereocenters. The van der Waals surface area contributed by atoms with Crippen LogP contribution in [0.3, 0.4) is 0 Å². The number of nitrogens with one attached hydrogen (secondary N) is 5. The molecule has 0 radical (unpaired) electrons. The topological polar surface area (TPSA) is 261 Å². The quantitative estimate of drug-likeness (QED) is 0.0630. The lowest BCUT2D eigenvalue weighted by molar-refractivity contribution is -0.134. The number of hydrogen-bond donors (Lipinski definition) is 9. The maximum absolute atomic E-state index is 13.2. The van der Waals surface area contributed by atoms with Crippen molar-refractivity contribution in [1.29, 1.82) is 0 Å². The van der Waals surface area contributed by atoms with Gasteiger partial charge in [-0.25, -0.2) is 0 Å². The SMILES string of the molecule is CCC(C)C(NC(=O)C(CC(C)C)NC(=O)C(N)CO)C(=O)NCC(=O)NC(CCCCN)C(=O)NC(C(N)=O)C(C)C. The Labute approximate surface area is 254 Å². The highest BCUT2D eigenvalue weighted by Crippen LogP contribution is 2.11. The highest BCUT2D eigenvalue weighted by Gasteiger charge is 2.32. The Kier molecular flexibility index (Phi) is 19.0. The zero-order valence-corrected chi connectivity index (χ0v) is 26.4. The summed E-state index contributed by atoms with van der Waals surface area (Å²) in [6, 6.07) is -5.16. The molecule has 0 heterocycles. The first-order valence-electron chi connectivity index (χ1n) is 14.9. The standard InChI is InChI=1S/C28H54N8O7/c1-7-17(6)23(36-27(42)20(12-15(2)3)34-25(40)18(30)14-37)28(43)32-13-21(38)33-19(10-8-9-11-29)26(41)35-22(16(4)5)24(31)39/h15-20,22-23,37H,7-14,29-30H2,1-6H3,(H2,31,39)(H,32,43)(H,33,38)(H,34,40)(H,35,41)(H,36,42). The minimum absolute atomic E-state index is 0.00904. The maximum Gasteiger partial charge on any atom is 0.243 e. The predicted molar refractivity (Wildman–Crippen MR) is 162 cm³/mol. The van der Waals surface area contributed by atoms with E-state index in [-0.39, 0.29) is 30.6 Å². The molecule has 0 aliphatic heterocycles. The molecule has 0 spiro atoms. The number of nitrogens with two attached hydrogens (primary N) is 3. The van der Waals surface area contributed by atoms with Gasteiger partial charge in [-0.1, -0.05) is 48.0 Å². The molecule has 0 rings (SSSR count). The second kappa shape index (κ2) is 20.6. The zero-order chi connectivity index (χ0) is 33.3. The molecule has 0 aliphatic carbocycles. The Morgan fingerprint density at radius 3 is 1.84 bits per heavy atom. The normalized spacial score (nSPS) is 15.4. The molecule has 0 fully saturated rings. The van der Waals surface area contributed by atoms with Crippen LogP contribution >= 0.6 is 0 Å². The molecule has 12 N–H and O–H groups in total. The van der Waals surface area contributed by atoms with Crippen LogP contribution < -0.4 is 43.8 Å². The number of aliphatic hydroxyl groups is 1. The van der Waals surface area contributed by atoms with E-state index in [1.54, 1.807) is 20.8 Å². The minimum atomic E-state index is -1.21. The summed E-state index contributed by atoms with van der Waals surface area (Å²) in [5, 5.41) is 22.0. The molecule has 0 aromatic carbocycles. The van der Waals surface area contributed by atoms with Gasteiger partial charge < -0.3 is 48.9 Å². The molecule has 0 aromatic heterocycles. The van der Waals surface area contributed by atoms with Crippen LogP contribution in [0.5, 0.6) is 0 Å². The third-order valence-corrected chi connectivity index (χ3v) is 6.96. The number of carbonyl (C=O) groups is 6. The first-order chi connectivity index (χ1) is 20.1. The highest BCUT2D eigenvalue weighted by atomic mass is 16.3. The summed E-state index contributed by atoms with van der Waals surface area (Å²) in [5.41, 5.74) is 16.5. The van der Waals surface area contributed by atoms with Crippen LogP contribution in [0.15, 0.2) is 0 Å². The van der Waals surface area contributed by atoms with Gasteiger partial charge in [-0.2, -0.15) is 0 Å². The van der Waals surface area contributed by atoms with Crippen molar-refractivity contribution in [2.24, 2.45) is 35.0 Å². The number of hydrogen-bond acceptors (Lipinski definition) is 9. The predicted octanol–water partition coefficient (Wildman–Crippen LogP) is -2.28. The summed E-state index contributed by atoms with van der Waals surface area (Å²) in [4.78, 5) is 76.0. The Bertz CT molecular complexity index is 931. The fourth-order valence-electron chi connectivity index (χ4n) is 4.12. The lowest BCUT2D eigenvalue weighted by Crippen LogP contribution is -2.58. The maximum atomic E-state index is 13.2. The number of aliphatic hydroxyl groups excluding tert-OH is 1. The van der Waals surface area contributed by atoms with Crippen LogP contribution in [0.4, 0.5) is 0 Å². The molecule has 0 saturated carbocycles. The van der Waals surface area contributed by atoms with Crippen molar-refractivity contribution < 1.29 is 33.9 Å². The summed E-state index contributed by atoms with van der Waals surface area (Å²) in [7, 11) is 0. The van der Waals surface area contributed by atoms with E-state index >= 15 is 0 Å². The Morgan fingerprint density at radius 1 is 0.767 bits per heavy atom. The molecule has 248 valence electrons. The average molecular weight is 615 g/mol. The van der Waals surface area contributed by atoms with Gasteiger partial charge in [0.2, 0.25) is 35.4 Å². The van der Waals surface area contributed by atoms with Crippen molar-refractivity contribution in [2.75, 3.05) is 19.7 Å². The van der Waals surface area contributed by atoms with E-state index in [9.17, 15) is 28.8 Å². The number of primary amides is 1. The van der Waals surface area contributed by atoms with E-state index in [2.05, 4.69) is 26.6 Å². The van der Waals surface area contributed by atoms with Crippen molar-refractivity contribution >= 4 is 35.4 Å². The molecule has 43 heavy (non-hydrogen) atoms. The van der Waals surface area contributed by atoms with Gasteiger partial charge >= 0.3 is 0 Å². The van der Waals surface area contributed by atoms with Crippen LogP contribution in [0, 0.1) is 17.8 Å². The van der Waals surface area contributed by atoms with Gasteiger partial charge in [-0.3, -0.25) is 28.8 Å². The van der Waals surface area contributed by atoms with Crippen molar-refractivity contribution in [3.05, 3.63) is 0 Å². The largest absolute Gasteiger partial charge is 0.394 e. The van der Waals surface area contributed by atoms with Crippen LogP contribution in [0.25, 0.3) is 0 Å². The molecule has 0 aliphatic rings. The molecule has 0 saturated heterocycles. The van der Waals surface area contributed by atoms with Gasteiger partial charge in [0.25, 0.3) is 0 Å². The van der Waals surface area contributed by atoms with Gasteiger partial charge in [-0.05, 0) is 50.0 Å². The summed E-state index contributed by atoms with van der Waals surface area (Å²) < 4.78 is 0. The molecule has 0 aromatic rings. The molecular formula is C28H54N8O7. The number of rotatable bonds is 21. The fourth-order valence-corrected chi connectivity index (χ4v) is 4.12. The average Bonchev–Trinajstić information content (AvgIpc) is 2.94. The Hall–Kier alpha value is -3.30. The van der Waals surface area contributed by atoms with Gasteiger partial charge in [0.05, 0.1) is 13.2 Å². The van der Waals surface area contributed by atoms with Crippen molar-refractivity contribution in [1.82, 2.24) is 26.6 Å². The van der Waals surface area contributed by atoms with Gasteiger partial charge in [-0.15, -0.1) is 0 Å².